The molecule has 2 aliphatic heterocycles. The summed E-state index contributed by atoms with van der Waals surface area (Å²) in [6.07, 6.45) is 0.373. The molecule has 3 amide bonds. The van der Waals surface area contributed by atoms with Gasteiger partial charge < -0.3 is 10.2 Å². The van der Waals surface area contributed by atoms with Gasteiger partial charge in [0.1, 0.15) is 12.6 Å². The third-order valence-corrected chi connectivity index (χ3v) is 5.42. The van der Waals surface area contributed by atoms with E-state index in [2.05, 4.69) is 10.6 Å². The van der Waals surface area contributed by atoms with Crippen molar-refractivity contribution < 1.29 is 22.8 Å². The van der Waals surface area contributed by atoms with E-state index in [1.807, 2.05) is 0 Å². The Morgan fingerprint density at radius 1 is 1.38 bits per heavy atom. The van der Waals surface area contributed by atoms with Crippen molar-refractivity contribution in [3.05, 3.63) is 0 Å². The van der Waals surface area contributed by atoms with Crippen LogP contribution in [0.3, 0.4) is 0 Å². The fourth-order valence-electron chi connectivity index (χ4n) is 2.66. The summed E-state index contributed by atoms with van der Waals surface area (Å²) in [6.45, 7) is 1.91. The maximum atomic E-state index is 12.3. The zero-order valence-corrected chi connectivity index (χ0v) is 12.6. The molecule has 0 aromatic heterocycles. The number of amides is 3. The molecule has 0 aliphatic carbocycles. The fraction of sp³-hybridized carbons (Fsp3) is 0.750. The Morgan fingerprint density at radius 3 is 2.71 bits per heavy atom. The van der Waals surface area contributed by atoms with Crippen molar-refractivity contribution in [1.29, 1.82) is 0 Å². The van der Waals surface area contributed by atoms with E-state index in [0.717, 1.165) is 0 Å². The molecule has 0 bridgehead atoms. The van der Waals surface area contributed by atoms with Gasteiger partial charge in [0.2, 0.25) is 17.7 Å². The molecule has 2 fully saturated rings. The number of hydrogen-bond acceptors (Lipinski definition) is 6. The predicted molar refractivity (Wildman–Crippen MR) is 74.0 cm³/mol. The summed E-state index contributed by atoms with van der Waals surface area (Å²) in [5.41, 5.74) is 0. The molecule has 2 unspecified atom stereocenters. The first-order valence-corrected chi connectivity index (χ1v) is 8.71. The van der Waals surface area contributed by atoms with Crippen LogP contribution in [0.2, 0.25) is 0 Å². The third-order valence-electron chi connectivity index (χ3n) is 3.68. The van der Waals surface area contributed by atoms with Crippen LogP contribution in [0, 0.1) is 0 Å². The van der Waals surface area contributed by atoms with E-state index in [4.69, 9.17) is 0 Å². The normalized spacial score (nSPS) is 29.1. The monoisotopic (exact) mass is 317 g/mol. The molecule has 2 aliphatic rings. The molecule has 2 atom stereocenters. The molecular weight excluding hydrogens is 298 g/mol. The van der Waals surface area contributed by atoms with Crippen LogP contribution in [0.15, 0.2) is 0 Å². The molecule has 21 heavy (non-hydrogen) atoms. The summed E-state index contributed by atoms with van der Waals surface area (Å²) < 4.78 is 23.1. The van der Waals surface area contributed by atoms with Gasteiger partial charge in [-0.3, -0.25) is 19.7 Å². The molecule has 0 aromatic rings. The molecule has 0 spiro atoms. The molecule has 0 saturated carbocycles. The number of sulfone groups is 1. The van der Waals surface area contributed by atoms with E-state index in [1.54, 1.807) is 6.92 Å². The van der Waals surface area contributed by atoms with Crippen LogP contribution in [0.5, 0.6) is 0 Å². The van der Waals surface area contributed by atoms with Crippen LogP contribution < -0.4 is 10.6 Å². The summed E-state index contributed by atoms with van der Waals surface area (Å²) in [6, 6.07) is -1.13. The number of hydrogen-bond donors (Lipinski definition) is 2. The van der Waals surface area contributed by atoms with Crippen LogP contribution in [0.1, 0.15) is 19.8 Å². The first-order chi connectivity index (χ1) is 9.82. The first-order valence-electron chi connectivity index (χ1n) is 6.89. The number of rotatable bonds is 3. The number of nitrogens with zero attached hydrogens (tertiary/aromatic N) is 1. The number of nitrogens with one attached hydrogen (secondary N) is 2. The first kappa shape index (κ1) is 15.9. The Hall–Kier alpha value is -1.48. The molecule has 2 rings (SSSR count). The highest BCUT2D eigenvalue weighted by molar-refractivity contribution is 7.91. The zero-order valence-electron chi connectivity index (χ0n) is 11.8. The quantitative estimate of drug-likeness (QED) is 0.584. The van der Waals surface area contributed by atoms with Gasteiger partial charge in [-0.05, 0) is 6.42 Å². The van der Waals surface area contributed by atoms with Crippen LogP contribution in [0.4, 0.5) is 0 Å². The molecular formula is C12H19N3O5S. The smallest absolute Gasteiger partial charge is 0.249 e. The number of carbonyl (C=O) groups excluding carboxylic acids is 3. The second-order valence-corrected chi connectivity index (χ2v) is 7.56. The predicted octanol–water partition coefficient (Wildman–Crippen LogP) is -1.97. The van der Waals surface area contributed by atoms with Crippen LogP contribution in [-0.4, -0.2) is 67.7 Å². The molecule has 0 aromatic carbocycles. The van der Waals surface area contributed by atoms with Crippen molar-refractivity contribution in [3.63, 3.8) is 0 Å². The highest BCUT2D eigenvalue weighted by Crippen LogP contribution is 2.13. The number of piperazine rings is 1. The molecule has 8 nitrogen and oxygen atoms in total. The average Bonchev–Trinajstić information content (AvgIpc) is 2.36. The lowest BCUT2D eigenvalue weighted by atomic mass is 10.1. The Bertz CT molecular complexity index is 559. The van der Waals surface area contributed by atoms with Crippen molar-refractivity contribution >= 4 is 27.6 Å². The van der Waals surface area contributed by atoms with E-state index in [9.17, 15) is 22.8 Å². The topological polar surface area (TPSA) is 113 Å². The van der Waals surface area contributed by atoms with Crippen LogP contribution in [0.25, 0.3) is 0 Å². The van der Waals surface area contributed by atoms with Gasteiger partial charge >= 0.3 is 0 Å². The minimum atomic E-state index is -3.13. The van der Waals surface area contributed by atoms with E-state index in [0.29, 0.717) is 13.0 Å². The van der Waals surface area contributed by atoms with E-state index >= 15 is 0 Å². The molecule has 118 valence electrons. The Balaban J connectivity index is 2.04. The Kier molecular flexibility index (Phi) is 4.62. The van der Waals surface area contributed by atoms with Crippen molar-refractivity contribution in [2.45, 2.75) is 31.8 Å². The summed E-state index contributed by atoms with van der Waals surface area (Å²) >= 11 is 0. The maximum absolute atomic E-state index is 12.3. The van der Waals surface area contributed by atoms with Gasteiger partial charge in [-0.2, -0.15) is 0 Å². The van der Waals surface area contributed by atoms with Crippen LogP contribution >= 0.6 is 0 Å². The third kappa shape index (κ3) is 3.79. The van der Waals surface area contributed by atoms with Gasteiger partial charge in [0.25, 0.3) is 0 Å². The summed E-state index contributed by atoms with van der Waals surface area (Å²) in [7, 11) is -3.13. The van der Waals surface area contributed by atoms with Crippen LogP contribution in [-0.2, 0) is 24.2 Å². The molecule has 2 saturated heterocycles. The maximum Gasteiger partial charge on any atom is 0.249 e. The van der Waals surface area contributed by atoms with E-state index < -0.39 is 33.7 Å². The average molecular weight is 317 g/mol. The lowest BCUT2D eigenvalue weighted by molar-refractivity contribution is -0.150. The second-order valence-electron chi connectivity index (χ2n) is 5.33. The van der Waals surface area contributed by atoms with Crippen molar-refractivity contribution in [3.8, 4) is 0 Å². The van der Waals surface area contributed by atoms with Gasteiger partial charge in [0.05, 0.1) is 11.5 Å². The minimum absolute atomic E-state index is 0.0315. The summed E-state index contributed by atoms with van der Waals surface area (Å²) in [5.74, 6) is -1.39. The SMILES string of the molecule is CCC1C(=O)NC(=O)CN1C(=O)CC1CS(=O)(=O)CCN1. The van der Waals surface area contributed by atoms with Gasteiger partial charge in [0.15, 0.2) is 9.84 Å². The van der Waals surface area contributed by atoms with Gasteiger partial charge in [-0.25, -0.2) is 8.42 Å². The molecule has 0 radical (unpaired) electrons. The second kappa shape index (κ2) is 6.10. The number of carbonyl (C=O) groups is 3. The molecule has 9 heteroatoms. The highest BCUT2D eigenvalue weighted by atomic mass is 32.2. The lowest BCUT2D eigenvalue weighted by Gasteiger charge is -2.34. The molecule has 2 N–H and O–H groups in total. The molecule has 2 heterocycles. The van der Waals surface area contributed by atoms with Gasteiger partial charge in [0, 0.05) is 19.0 Å². The van der Waals surface area contributed by atoms with E-state index in [1.165, 1.54) is 4.90 Å². The standard InChI is InChI=1S/C12H19N3O5S/c1-2-9-12(18)14-10(16)6-15(9)11(17)5-8-7-21(19,20)4-3-13-8/h8-9,13H,2-7H2,1H3,(H,14,16,18). The van der Waals surface area contributed by atoms with Crippen molar-refractivity contribution in [2.75, 3.05) is 24.6 Å². The minimum Gasteiger partial charge on any atom is -0.321 e. The van der Waals surface area contributed by atoms with Gasteiger partial charge in [-0.15, -0.1) is 0 Å². The highest BCUT2D eigenvalue weighted by Gasteiger charge is 2.37. The van der Waals surface area contributed by atoms with Gasteiger partial charge in [-0.1, -0.05) is 6.92 Å². The Labute approximate surface area is 123 Å². The van der Waals surface area contributed by atoms with Crippen molar-refractivity contribution in [2.24, 2.45) is 0 Å². The Morgan fingerprint density at radius 2 is 2.10 bits per heavy atom. The largest absolute Gasteiger partial charge is 0.321 e. The number of imide groups is 1. The van der Waals surface area contributed by atoms with Crippen molar-refractivity contribution in [1.82, 2.24) is 15.5 Å². The van der Waals surface area contributed by atoms with E-state index in [-0.39, 0.29) is 30.4 Å². The summed E-state index contributed by atoms with van der Waals surface area (Å²) in [5, 5.41) is 5.19. The fourth-order valence-corrected chi connectivity index (χ4v) is 4.11. The zero-order chi connectivity index (χ0) is 15.6. The summed E-state index contributed by atoms with van der Waals surface area (Å²) in [4.78, 5) is 36.7. The lowest BCUT2D eigenvalue weighted by Crippen LogP contribution is -2.60.